The third-order valence-electron chi connectivity index (χ3n) is 4.35. The van der Waals surface area contributed by atoms with Gasteiger partial charge in [0.1, 0.15) is 16.5 Å². The number of ether oxygens (including phenoxy) is 1. The van der Waals surface area contributed by atoms with Gasteiger partial charge in [0.05, 0.1) is 7.11 Å². The van der Waals surface area contributed by atoms with Crippen molar-refractivity contribution in [2.45, 2.75) is 30.0 Å². The maximum absolute atomic E-state index is 5.46. The SMILES string of the molecule is COc1ccccc1CSc1nc(-c2ccccn2)nc2c1CCC2. The van der Waals surface area contributed by atoms with Crippen molar-refractivity contribution in [2.24, 2.45) is 0 Å². The number of aryl methyl sites for hydroxylation is 1. The molecule has 0 bridgehead atoms. The van der Waals surface area contributed by atoms with E-state index in [1.54, 1.807) is 25.1 Å². The van der Waals surface area contributed by atoms with Crippen LogP contribution in [0.15, 0.2) is 53.7 Å². The minimum absolute atomic E-state index is 0.726. The zero-order chi connectivity index (χ0) is 17.1. The molecule has 1 aliphatic rings. The molecule has 0 radical (unpaired) electrons. The van der Waals surface area contributed by atoms with Crippen molar-refractivity contribution < 1.29 is 4.74 Å². The Morgan fingerprint density at radius 3 is 2.76 bits per heavy atom. The summed E-state index contributed by atoms with van der Waals surface area (Å²) in [5.41, 5.74) is 4.49. The van der Waals surface area contributed by atoms with Crippen molar-refractivity contribution in [3.05, 3.63) is 65.5 Å². The van der Waals surface area contributed by atoms with Crippen LogP contribution in [0.4, 0.5) is 0 Å². The van der Waals surface area contributed by atoms with Gasteiger partial charge in [0.15, 0.2) is 5.82 Å². The van der Waals surface area contributed by atoms with Gasteiger partial charge in [0, 0.05) is 28.8 Å². The molecule has 0 amide bonds. The number of benzene rings is 1. The second-order valence-electron chi connectivity index (χ2n) is 5.95. The van der Waals surface area contributed by atoms with E-state index in [2.05, 4.69) is 11.1 Å². The summed E-state index contributed by atoms with van der Waals surface area (Å²) >= 11 is 1.76. The summed E-state index contributed by atoms with van der Waals surface area (Å²) in [7, 11) is 1.71. The molecule has 0 spiro atoms. The van der Waals surface area contributed by atoms with E-state index < -0.39 is 0 Å². The number of nitrogens with zero attached hydrogens (tertiary/aromatic N) is 3. The molecule has 2 heterocycles. The highest BCUT2D eigenvalue weighted by molar-refractivity contribution is 7.98. The monoisotopic (exact) mass is 349 g/mol. The van der Waals surface area contributed by atoms with Gasteiger partial charge in [-0.25, -0.2) is 9.97 Å². The van der Waals surface area contributed by atoms with Crippen LogP contribution in [0.3, 0.4) is 0 Å². The minimum atomic E-state index is 0.726. The lowest BCUT2D eigenvalue weighted by Crippen LogP contribution is -2.01. The molecule has 0 fully saturated rings. The Morgan fingerprint density at radius 2 is 1.92 bits per heavy atom. The maximum atomic E-state index is 5.46. The first-order valence-electron chi connectivity index (χ1n) is 8.41. The predicted molar refractivity (Wildman–Crippen MR) is 99.8 cm³/mol. The number of aromatic nitrogens is 3. The van der Waals surface area contributed by atoms with Crippen LogP contribution in [-0.4, -0.2) is 22.1 Å². The molecule has 1 aliphatic carbocycles. The van der Waals surface area contributed by atoms with Crippen molar-refractivity contribution in [3.8, 4) is 17.3 Å². The van der Waals surface area contributed by atoms with Crippen LogP contribution in [0.1, 0.15) is 23.2 Å². The van der Waals surface area contributed by atoms with Crippen molar-refractivity contribution in [1.29, 1.82) is 0 Å². The summed E-state index contributed by atoms with van der Waals surface area (Å²) in [5.74, 6) is 2.48. The highest BCUT2D eigenvalue weighted by Crippen LogP contribution is 2.34. The molecule has 2 aromatic heterocycles. The fraction of sp³-hybridized carbons (Fsp3) is 0.250. The Balaban J connectivity index is 1.66. The number of fused-ring (bicyclic) bond motifs is 1. The smallest absolute Gasteiger partial charge is 0.179 e. The largest absolute Gasteiger partial charge is 0.496 e. The summed E-state index contributed by atoms with van der Waals surface area (Å²) in [5, 5.41) is 1.08. The Morgan fingerprint density at radius 1 is 1.04 bits per heavy atom. The molecule has 0 saturated heterocycles. The number of thioether (sulfide) groups is 1. The first-order valence-corrected chi connectivity index (χ1v) is 9.39. The summed E-state index contributed by atoms with van der Waals surface area (Å²) in [6, 6.07) is 14.0. The van der Waals surface area contributed by atoms with Gasteiger partial charge in [-0.3, -0.25) is 4.98 Å². The molecule has 1 aromatic carbocycles. The molecular weight excluding hydrogens is 330 g/mol. The Kier molecular flexibility index (Phi) is 4.65. The van der Waals surface area contributed by atoms with Crippen molar-refractivity contribution >= 4 is 11.8 Å². The van der Waals surface area contributed by atoms with Gasteiger partial charge in [0.2, 0.25) is 0 Å². The first-order chi connectivity index (χ1) is 12.3. The van der Waals surface area contributed by atoms with Gasteiger partial charge in [-0.1, -0.05) is 24.3 Å². The van der Waals surface area contributed by atoms with Crippen LogP contribution in [0, 0.1) is 0 Å². The van der Waals surface area contributed by atoms with E-state index in [9.17, 15) is 0 Å². The van der Waals surface area contributed by atoms with Crippen LogP contribution in [0.25, 0.3) is 11.5 Å². The maximum Gasteiger partial charge on any atom is 0.179 e. The molecule has 0 atom stereocenters. The first kappa shape index (κ1) is 16.1. The van der Waals surface area contributed by atoms with Gasteiger partial charge in [-0.2, -0.15) is 0 Å². The second-order valence-corrected chi connectivity index (χ2v) is 6.91. The number of hydrogen-bond donors (Lipinski definition) is 0. The average Bonchev–Trinajstić information content (AvgIpc) is 3.15. The quantitative estimate of drug-likeness (QED) is 0.507. The van der Waals surface area contributed by atoms with Crippen molar-refractivity contribution in [3.63, 3.8) is 0 Å². The van der Waals surface area contributed by atoms with Crippen LogP contribution in [0.2, 0.25) is 0 Å². The second kappa shape index (κ2) is 7.23. The zero-order valence-electron chi connectivity index (χ0n) is 14.1. The molecule has 3 aromatic rings. The van der Waals surface area contributed by atoms with Crippen LogP contribution < -0.4 is 4.74 Å². The van der Waals surface area contributed by atoms with Gasteiger partial charge in [0.25, 0.3) is 0 Å². The molecule has 0 unspecified atom stereocenters. The number of rotatable bonds is 5. The summed E-state index contributed by atoms with van der Waals surface area (Å²) in [4.78, 5) is 14.0. The Bertz CT molecular complexity index is 883. The normalized spacial score (nSPS) is 12.8. The number of para-hydroxylation sites is 1. The third-order valence-corrected chi connectivity index (χ3v) is 5.41. The van der Waals surface area contributed by atoms with Gasteiger partial charge in [-0.05, 0) is 37.5 Å². The fourth-order valence-electron chi connectivity index (χ4n) is 3.10. The van der Waals surface area contributed by atoms with E-state index in [1.165, 1.54) is 16.8 Å². The predicted octanol–water partition coefficient (Wildman–Crippen LogP) is 4.33. The van der Waals surface area contributed by atoms with Crippen LogP contribution in [0.5, 0.6) is 5.75 Å². The van der Waals surface area contributed by atoms with E-state index in [4.69, 9.17) is 14.7 Å². The Hall–Kier alpha value is -2.40. The summed E-state index contributed by atoms with van der Waals surface area (Å²) in [6.07, 6.45) is 5.03. The van der Waals surface area contributed by atoms with Gasteiger partial charge in [-0.15, -0.1) is 11.8 Å². The van der Waals surface area contributed by atoms with Gasteiger partial charge < -0.3 is 4.74 Å². The van der Waals surface area contributed by atoms with Crippen molar-refractivity contribution in [1.82, 2.24) is 15.0 Å². The minimum Gasteiger partial charge on any atom is -0.496 e. The summed E-state index contributed by atoms with van der Waals surface area (Å²) in [6.45, 7) is 0. The molecule has 4 nitrogen and oxygen atoms in total. The van der Waals surface area contributed by atoms with Crippen molar-refractivity contribution in [2.75, 3.05) is 7.11 Å². The molecule has 25 heavy (non-hydrogen) atoms. The fourth-order valence-corrected chi connectivity index (χ4v) is 4.17. The molecule has 0 aliphatic heterocycles. The topological polar surface area (TPSA) is 47.9 Å². The number of methoxy groups -OCH3 is 1. The zero-order valence-corrected chi connectivity index (χ0v) is 14.9. The molecule has 5 heteroatoms. The number of hydrogen-bond acceptors (Lipinski definition) is 5. The molecule has 0 N–H and O–H groups in total. The molecule has 126 valence electrons. The highest BCUT2D eigenvalue weighted by atomic mass is 32.2. The third kappa shape index (κ3) is 3.37. The standard InChI is InChI=1S/C20H19N3OS/c1-24-18-11-3-2-7-14(18)13-25-20-15-8-6-10-16(15)22-19(23-20)17-9-4-5-12-21-17/h2-5,7,9,11-12H,6,8,10,13H2,1H3. The lowest BCUT2D eigenvalue weighted by molar-refractivity contribution is 0.411. The van der Waals surface area contributed by atoms with E-state index in [0.29, 0.717) is 0 Å². The summed E-state index contributed by atoms with van der Waals surface area (Å²) < 4.78 is 5.46. The molecular formula is C20H19N3OS. The highest BCUT2D eigenvalue weighted by Gasteiger charge is 2.20. The Labute approximate surface area is 151 Å². The average molecular weight is 349 g/mol. The van der Waals surface area contributed by atoms with Crippen LogP contribution >= 0.6 is 11.8 Å². The van der Waals surface area contributed by atoms with Gasteiger partial charge >= 0.3 is 0 Å². The molecule has 4 rings (SSSR count). The van der Waals surface area contributed by atoms with Crippen LogP contribution in [-0.2, 0) is 18.6 Å². The van der Waals surface area contributed by atoms with E-state index in [0.717, 1.165) is 47.3 Å². The van der Waals surface area contributed by atoms with E-state index >= 15 is 0 Å². The molecule has 0 saturated carbocycles. The lowest BCUT2D eigenvalue weighted by Gasteiger charge is -2.11. The lowest BCUT2D eigenvalue weighted by atomic mass is 10.2. The number of pyridine rings is 1. The van der Waals surface area contributed by atoms with E-state index in [-0.39, 0.29) is 0 Å². The van der Waals surface area contributed by atoms with E-state index in [1.807, 2.05) is 36.4 Å².